The molecule has 0 aliphatic carbocycles. The first-order chi connectivity index (χ1) is 9.63. The molecule has 2 heterocycles. The minimum absolute atomic E-state index is 0.0185. The van der Waals surface area contributed by atoms with Crippen molar-refractivity contribution in [3.05, 3.63) is 55.7 Å². The number of halogens is 3. The smallest absolute Gasteiger partial charge is 0.189 e. The number of aromatic nitrogens is 1. The number of rotatable bonds is 4. The Morgan fingerprint density at radius 1 is 1.35 bits per heavy atom. The number of pyridine rings is 1. The van der Waals surface area contributed by atoms with E-state index < -0.39 is 0 Å². The lowest BCUT2D eigenvalue weighted by Gasteiger charge is -2.10. The molecule has 0 amide bonds. The lowest BCUT2D eigenvalue weighted by atomic mass is 10.2. The van der Waals surface area contributed by atoms with E-state index in [2.05, 4.69) is 36.8 Å². The second-order valence-electron chi connectivity index (χ2n) is 4.10. The van der Waals surface area contributed by atoms with Crippen molar-refractivity contribution in [2.75, 3.05) is 0 Å². The predicted octanol–water partition coefficient (Wildman–Crippen LogP) is 5.52. The van der Waals surface area contributed by atoms with E-state index in [1.165, 1.54) is 12.0 Å². The van der Waals surface area contributed by atoms with Crippen LogP contribution in [0.1, 0.15) is 16.7 Å². The summed E-state index contributed by atoms with van der Waals surface area (Å²) in [6, 6.07) is 7.61. The highest BCUT2D eigenvalue weighted by Gasteiger charge is 2.32. The topological polar surface area (TPSA) is 34.6 Å². The molecule has 2 aromatic rings. The van der Waals surface area contributed by atoms with Crippen LogP contribution in [0.5, 0.6) is 5.75 Å². The van der Waals surface area contributed by atoms with E-state index in [9.17, 15) is 0 Å². The Morgan fingerprint density at radius 2 is 2.15 bits per heavy atom. The first kappa shape index (κ1) is 14.7. The fraction of sp³-hybridized carbons (Fsp3) is 0.154. The third kappa shape index (κ3) is 3.49. The average molecular weight is 438 g/mol. The molecule has 7 heteroatoms. The number of hydrogen-bond donors (Lipinski definition) is 0. The maximum absolute atomic E-state index is 5.97. The van der Waals surface area contributed by atoms with E-state index in [1.54, 1.807) is 6.20 Å². The van der Waals surface area contributed by atoms with Crippen molar-refractivity contribution in [1.82, 2.24) is 4.98 Å². The monoisotopic (exact) mass is 435 g/mol. The van der Waals surface area contributed by atoms with Crippen LogP contribution in [0.2, 0.25) is 5.02 Å². The molecule has 20 heavy (non-hydrogen) atoms. The number of nitrogens with zero attached hydrogens (tertiary/aromatic N) is 1. The third-order valence-corrected chi connectivity index (χ3v) is 4.90. The third-order valence-electron chi connectivity index (χ3n) is 2.64. The van der Waals surface area contributed by atoms with Gasteiger partial charge < -0.3 is 4.74 Å². The molecule has 3 rings (SSSR count). The van der Waals surface area contributed by atoms with Gasteiger partial charge in [0.15, 0.2) is 5.44 Å². The fourth-order valence-corrected chi connectivity index (χ4v) is 2.90. The minimum Gasteiger partial charge on any atom is -0.487 e. The zero-order valence-corrected chi connectivity index (χ0v) is 14.7. The van der Waals surface area contributed by atoms with Crippen LogP contribution in [0, 0.1) is 0 Å². The summed E-state index contributed by atoms with van der Waals surface area (Å²) in [6.07, 6.45) is 1.74. The maximum Gasteiger partial charge on any atom is 0.189 e. The Kier molecular flexibility index (Phi) is 4.57. The molecule has 0 radical (unpaired) electrons. The molecule has 1 aromatic heterocycles. The predicted molar refractivity (Wildman–Crippen MR) is 86.8 cm³/mol. The van der Waals surface area contributed by atoms with Gasteiger partial charge in [-0.05, 0) is 55.6 Å². The molecular formula is C13H8Br2ClNO2S. The van der Waals surface area contributed by atoms with Gasteiger partial charge in [0, 0.05) is 27.2 Å². The molecule has 1 saturated heterocycles. The zero-order valence-electron chi connectivity index (χ0n) is 9.98. The molecule has 1 aliphatic heterocycles. The van der Waals surface area contributed by atoms with Gasteiger partial charge in [0.2, 0.25) is 0 Å². The van der Waals surface area contributed by atoms with Gasteiger partial charge in [0.1, 0.15) is 18.1 Å². The van der Waals surface area contributed by atoms with Crippen molar-refractivity contribution < 1.29 is 8.92 Å². The quantitative estimate of drug-likeness (QED) is 0.466. The van der Waals surface area contributed by atoms with Gasteiger partial charge in [0.05, 0.1) is 5.02 Å². The van der Waals surface area contributed by atoms with Crippen molar-refractivity contribution in [2.24, 2.45) is 0 Å². The molecule has 1 fully saturated rings. The van der Waals surface area contributed by atoms with Gasteiger partial charge in [-0.25, -0.2) is 0 Å². The molecule has 0 unspecified atom stereocenters. The molecule has 3 nitrogen and oxygen atoms in total. The van der Waals surface area contributed by atoms with Crippen molar-refractivity contribution in [2.45, 2.75) is 12.0 Å². The van der Waals surface area contributed by atoms with Crippen LogP contribution in [0.3, 0.4) is 0 Å². The van der Waals surface area contributed by atoms with Gasteiger partial charge in [-0.2, -0.15) is 0 Å². The van der Waals surface area contributed by atoms with Crippen LogP contribution in [0.15, 0.2) is 39.4 Å². The Morgan fingerprint density at radius 3 is 2.85 bits per heavy atom. The summed E-state index contributed by atoms with van der Waals surface area (Å²) < 4.78 is 12.8. The summed E-state index contributed by atoms with van der Waals surface area (Å²) in [5.74, 6) is 0.723. The Balaban J connectivity index is 1.77. The number of hydrogen-bond acceptors (Lipinski definition) is 4. The van der Waals surface area contributed by atoms with Crippen LogP contribution >= 0.6 is 55.5 Å². The van der Waals surface area contributed by atoms with E-state index in [0.29, 0.717) is 11.6 Å². The van der Waals surface area contributed by atoms with Crippen molar-refractivity contribution in [3.8, 4) is 5.75 Å². The molecule has 104 valence electrons. The highest BCUT2D eigenvalue weighted by Crippen LogP contribution is 2.50. The zero-order chi connectivity index (χ0) is 14.1. The highest BCUT2D eigenvalue weighted by atomic mass is 79.9. The lowest BCUT2D eigenvalue weighted by Crippen LogP contribution is -2.00. The van der Waals surface area contributed by atoms with E-state index in [4.69, 9.17) is 20.5 Å². The van der Waals surface area contributed by atoms with Crippen LogP contribution in [-0.4, -0.2) is 4.98 Å². The first-order valence-corrected chi connectivity index (χ1v) is 8.44. The van der Waals surface area contributed by atoms with Gasteiger partial charge >= 0.3 is 0 Å². The van der Waals surface area contributed by atoms with Crippen LogP contribution in [0.25, 0.3) is 0 Å². The second-order valence-corrected chi connectivity index (χ2v) is 7.09. The van der Waals surface area contributed by atoms with Crippen molar-refractivity contribution >= 4 is 55.5 Å². The van der Waals surface area contributed by atoms with E-state index >= 15 is 0 Å². The fourth-order valence-electron chi connectivity index (χ4n) is 1.63. The molecule has 0 N–H and O–H groups in total. The molecule has 1 atom stereocenters. The van der Waals surface area contributed by atoms with Gasteiger partial charge in [0.25, 0.3) is 0 Å². The Bertz CT molecular complexity index is 652. The summed E-state index contributed by atoms with van der Waals surface area (Å²) in [4.78, 5) is 4.34. The number of ether oxygens (including phenoxy) is 1. The molecule has 1 aromatic carbocycles. The summed E-state index contributed by atoms with van der Waals surface area (Å²) in [5, 5.41) is 0.682. The van der Waals surface area contributed by atoms with Crippen molar-refractivity contribution in [3.63, 3.8) is 0 Å². The average Bonchev–Trinajstić information content (AvgIpc) is 3.25. The van der Waals surface area contributed by atoms with E-state index in [-0.39, 0.29) is 5.44 Å². The molecule has 0 spiro atoms. The van der Waals surface area contributed by atoms with Gasteiger partial charge in [-0.1, -0.05) is 17.7 Å². The van der Waals surface area contributed by atoms with Gasteiger partial charge in [-0.3, -0.25) is 9.17 Å². The van der Waals surface area contributed by atoms with E-state index in [0.717, 1.165) is 26.0 Å². The second kappa shape index (κ2) is 6.23. The lowest BCUT2D eigenvalue weighted by molar-refractivity contribution is 0.296. The van der Waals surface area contributed by atoms with Crippen molar-refractivity contribution in [1.29, 1.82) is 0 Å². The first-order valence-electron chi connectivity index (χ1n) is 5.68. The molecular weight excluding hydrogens is 429 g/mol. The largest absolute Gasteiger partial charge is 0.487 e. The summed E-state index contributed by atoms with van der Waals surface area (Å²) in [6.45, 7) is 0.443. The van der Waals surface area contributed by atoms with E-state index in [1.807, 2.05) is 24.3 Å². The molecule has 0 saturated carbocycles. The maximum atomic E-state index is 5.97. The van der Waals surface area contributed by atoms with Crippen LogP contribution < -0.4 is 4.74 Å². The minimum atomic E-state index is -0.0185. The standard InChI is InChI=1S/C13H8Br2ClNO2S/c14-8-4-11(12(17-5-8)13-19-20-13)18-6-7-1-2-10(16)9(15)3-7/h1-5,13H,6H2/t13-/m1/s1. The molecule has 1 aliphatic rings. The normalized spacial score (nSPS) is 17.1. The highest BCUT2D eigenvalue weighted by molar-refractivity contribution is 9.10. The SMILES string of the molecule is Clc1ccc(COc2cc(Br)cnc2[C@@H]2OS2)cc1Br. The van der Waals surface area contributed by atoms with Crippen LogP contribution in [0.4, 0.5) is 0 Å². The summed E-state index contributed by atoms with van der Waals surface area (Å²) >= 11 is 14.2. The van der Waals surface area contributed by atoms with Gasteiger partial charge in [-0.15, -0.1) is 0 Å². The van der Waals surface area contributed by atoms with Crippen LogP contribution in [-0.2, 0) is 10.8 Å². The number of benzene rings is 1. The Labute approximate surface area is 142 Å². The summed E-state index contributed by atoms with van der Waals surface area (Å²) in [7, 11) is 0. The Hall–Kier alpha value is -0.270. The molecule has 0 bridgehead atoms. The summed E-state index contributed by atoms with van der Waals surface area (Å²) in [5.41, 5.74) is 1.82.